The molecule has 0 spiro atoms. The van der Waals surface area contributed by atoms with Gasteiger partial charge in [-0.05, 0) is 48.8 Å². The molecule has 0 radical (unpaired) electrons. The number of aryl methyl sites for hydroxylation is 1. The van der Waals surface area contributed by atoms with Gasteiger partial charge in [0.1, 0.15) is 5.75 Å². The zero-order valence-electron chi connectivity index (χ0n) is 14.7. The standard InChI is InChI=1S/C19H32O3/c1-6-8-16(20)17(21)11-9-14-13-15(19(3,4)5)10-12-18(14)22-7-2/h10,12-13,16-17,20-21H,6-9,11H2,1-5H3. The van der Waals surface area contributed by atoms with Gasteiger partial charge in [0.15, 0.2) is 0 Å². The molecule has 2 N–H and O–H groups in total. The zero-order valence-corrected chi connectivity index (χ0v) is 14.7. The maximum absolute atomic E-state index is 10.1. The molecule has 0 bridgehead atoms. The quantitative estimate of drug-likeness (QED) is 0.767. The number of aliphatic hydroxyl groups is 2. The molecule has 2 unspecified atom stereocenters. The summed E-state index contributed by atoms with van der Waals surface area (Å²) in [7, 11) is 0. The van der Waals surface area contributed by atoms with Crippen LogP contribution in [0.3, 0.4) is 0 Å². The number of hydrogen-bond acceptors (Lipinski definition) is 3. The number of benzene rings is 1. The van der Waals surface area contributed by atoms with E-state index in [1.807, 2.05) is 19.9 Å². The van der Waals surface area contributed by atoms with Crippen LogP contribution in [0.5, 0.6) is 5.75 Å². The fourth-order valence-corrected chi connectivity index (χ4v) is 2.52. The second-order valence-corrected chi connectivity index (χ2v) is 6.97. The van der Waals surface area contributed by atoms with Gasteiger partial charge in [0.25, 0.3) is 0 Å². The molecule has 0 amide bonds. The maximum atomic E-state index is 10.1. The average molecular weight is 308 g/mol. The van der Waals surface area contributed by atoms with E-state index in [4.69, 9.17) is 4.74 Å². The zero-order chi connectivity index (χ0) is 16.8. The number of aliphatic hydroxyl groups excluding tert-OH is 2. The molecule has 0 aliphatic carbocycles. The van der Waals surface area contributed by atoms with Gasteiger partial charge in [-0.25, -0.2) is 0 Å². The van der Waals surface area contributed by atoms with Crippen molar-refractivity contribution >= 4 is 0 Å². The second kappa shape index (κ2) is 8.54. The largest absolute Gasteiger partial charge is 0.494 e. The smallest absolute Gasteiger partial charge is 0.122 e. The van der Waals surface area contributed by atoms with Gasteiger partial charge >= 0.3 is 0 Å². The Labute approximate surface area is 135 Å². The minimum absolute atomic E-state index is 0.0832. The summed E-state index contributed by atoms with van der Waals surface area (Å²) in [6.45, 7) is 11.2. The molecule has 0 aromatic heterocycles. The van der Waals surface area contributed by atoms with Crippen LogP contribution >= 0.6 is 0 Å². The van der Waals surface area contributed by atoms with E-state index in [9.17, 15) is 10.2 Å². The first-order chi connectivity index (χ1) is 10.3. The maximum Gasteiger partial charge on any atom is 0.122 e. The molecule has 3 nitrogen and oxygen atoms in total. The second-order valence-electron chi connectivity index (χ2n) is 6.97. The molecular formula is C19H32O3. The van der Waals surface area contributed by atoms with E-state index in [0.29, 0.717) is 25.9 Å². The third-order valence-corrected chi connectivity index (χ3v) is 3.96. The molecule has 0 saturated heterocycles. The van der Waals surface area contributed by atoms with Crippen LogP contribution in [0.2, 0.25) is 0 Å². The van der Waals surface area contributed by atoms with Crippen LogP contribution in [0.4, 0.5) is 0 Å². The van der Waals surface area contributed by atoms with E-state index < -0.39 is 12.2 Å². The van der Waals surface area contributed by atoms with Crippen molar-refractivity contribution in [2.45, 2.75) is 77.9 Å². The van der Waals surface area contributed by atoms with Crippen molar-refractivity contribution in [1.29, 1.82) is 0 Å². The molecule has 0 aliphatic heterocycles. The molecule has 0 saturated carbocycles. The first-order valence-corrected chi connectivity index (χ1v) is 8.41. The Hall–Kier alpha value is -1.06. The van der Waals surface area contributed by atoms with Gasteiger partial charge in [0.05, 0.1) is 18.8 Å². The van der Waals surface area contributed by atoms with E-state index in [1.165, 1.54) is 5.56 Å². The highest BCUT2D eigenvalue weighted by Crippen LogP contribution is 2.29. The molecular weight excluding hydrogens is 276 g/mol. The number of hydrogen-bond donors (Lipinski definition) is 2. The van der Waals surface area contributed by atoms with Gasteiger partial charge in [0.2, 0.25) is 0 Å². The lowest BCUT2D eigenvalue weighted by Gasteiger charge is -2.22. The van der Waals surface area contributed by atoms with Gasteiger partial charge in [-0.1, -0.05) is 46.2 Å². The summed E-state index contributed by atoms with van der Waals surface area (Å²) in [4.78, 5) is 0. The lowest BCUT2D eigenvalue weighted by molar-refractivity contribution is 0.00972. The van der Waals surface area contributed by atoms with Crippen molar-refractivity contribution in [2.24, 2.45) is 0 Å². The topological polar surface area (TPSA) is 49.7 Å². The molecule has 22 heavy (non-hydrogen) atoms. The van der Waals surface area contributed by atoms with Crippen molar-refractivity contribution in [3.05, 3.63) is 29.3 Å². The van der Waals surface area contributed by atoms with Crippen LogP contribution in [0.25, 0.3) is 0 Å². The van der Waals surface area contributed by atoms with E-state index in [2.05, 4.69) is 32.9 Å². The van der Waals surface area contributed by atoms with Crippen molar-refractivity contribution in [3.63, 3.8) is 0 Å². The first-order valence-electron chi connectivity index (χ1n) is 8.41. The molecule has 1 aromatic rings. The van der Waals surface area contributed by atoms with Crippen molar-refractivity contribution in [1.82, 2.24) is 0 Å². The lowest BCUT2D eigenvalue weighted by Crippen LogP contribution is -2.26. The van der Waals surface area contributed by atoms with Gasteiger partial charge in [0, 0.05) is 0 Å². The fourth-order valence-electron chi connectivity index (χ4n) is 2.52. The SMILES string of the molecule is CCCC(O)C(O)CCc1cc(C(C)(C)C)ccc1OCC. The van der Waals surface area contributed by atoms with E-state index in [-0.39, 0.29) is 5.41 Å². The third-order valence-electron chi connectivity index (χ3n) is 3.96. The molecule has 1 aromatic carbocycles. The van der Waals surface area contributed by atoms with Crippen LogP contribution in [-0.4, -0.2) is 29.0 Å². The van der Waals surface area contributed by atoms with Crippen molar-refractivity contribution < 1.29 is 14.9 Å². The monoisotopic (exact) mass is 308 g/mol. The molecule has 2 atom stereocenters. The Morgan fingerprint density at radius 3 is 2.23 bits per heavy atom. The van der Waals surface area contributed by atoms with E-state index in [1.54, 1.807) is 0 Å². The van der Waals surface area contributed by atoms with Gasteiger partial charge < -0.3 is 14.9 Å². The van der Waals surface area contributed by atoms with Crippen LogP contribution in [0.1, 0.15) is 65.0 Å². The molecule has 1 rings (SSSR count). The molecule has 126 valence electrons. The molecule has 0 fully saturated rings. The predicted octanol–water partition coefficient (Wildman–Crippen LogP) is 3.84. The Morgan fingerprint density at radius 1 is 1.05 bits per heavy atom. The first kappa shape index (κ1) is 19.0. The summed E-state index contributed by atoms with van der Waals surface area (Å²) >= 11 is 0. The van der Waals surface area contributed by atoms with Crippen LogP contribution in [0, 0.1) is 0 Å². The Bertz CT molecular complexity index is 448. The highest BCUT2D eigenvalue weighted by Gasteiger charge is 2.19. The summed E-state index contributed by atoms with van der Waals surface area (Å²) in [6.07, 6.45) is 1.47. The highest BCUT2D eigenvalue weighted by atomic mass is 16.5. The van der Waals surface area contributed by atoms with Crippen LogP contribution in [0.15, 0.2) is 18.2 Å². The minimum atomic E-state index is -0.673. The minimum Gasteiger partial charge on any atom is -0.494 e. The highest BCUT2D eigenvalue weighted by molar-refractivity contribution is 5.40. The summed E-state index contributed by atoms with van der Waals surface area (Å²) in [5, 5.41) is 19.9. The summed E-state index contributed by atoms with van der Waals surface area (Å²) < 4.78 is 5.70. The molecule has 3 heteroatoms. The Balaban J connectivity index is 2.86. The average Bonchev–Trinajstić information content (AvgIpc) is 2.45. The van der Waals surface area contributed by atoms with Crippen LogP contribution < -0.4 is 4.74 Å². The molecule has 0 aliphatic rings. The summed E-state index contributed by atoms with van der Waals surface area (Å²) in [5.41, 5.74) is 2.45. The van der Waals surface area contributed by atoms with Gasteiger partial charge in [-0.3, -0.25) is 0 Å². The van der Waals surface area contributed by atoms with E-state index >= 15 is 0 Å². The van der Waals surface area contributed by atoms with Crippen molar-refractivity contribution in [2.75, 3.05) is 6.61 Å². The Kier molecular flexibility index (Phi) is 7.37. The van der Waals surface area contributed by atoms with Gasteiger partial charge in [-0.2, -0.15) is 0 Å². The van der Waals surface area contributed by atoms with Crippen LogP contribution in [-0.2, 0) is 11.8 Å². The van der Waals surface area contributed by atoms with Crippen molar-refractivity contribution in [3.8, 4) is 5.75 Å². The summed E-state index contributed by atoms with van der Waals surface area (Å²) in [6, 6.07) is 6.30. The normalized spacial score (nSPS) is 14.7. The summed E-state index contributed by atoms with van der Waals surface area (Å²) in [5.74, 6) is 0.882. The van der Waals surface area contributed by atoms with Gasteiger partial charge in [-0.15, -0.1) is 0 Å². The molecule has 0 heterocycles. The predicted molar refractivity (Wildman–Crippen MR) is 91.6 cm³/mol. The lowest BCUT2D eigenvalue weighted by atomic mass is 9.85. The Morgan fingerprint density at radius 2 is 1.68 bits per heavy atom. The number of rotatable bonds is 8. The van der Waals surface area contributed by atoms with E-state index in [0.717, 1.165) is 17.7 Å². The fraction of sp³-hybridized carbons (Fsp3) is 0.684. The number of ether oxygens (including phenoxy) is 1. The third kappa shape index (κ3) is 5.62.